The Morgan fingerprint density at radius 1 is 1.12 bits per heavy atom. The Morgan fingerprint density at radius 3 is 2.41 bits per heavy atom. The zero-order valence-electron chi connectivity index (χ0n) is 21.1. The molecule has 6 heteroatoms. The first-order chi connectivity index (χ1) is 16.0. The fourth-order valence-electron chi connectivity index (χ4n) is 4.18. The number of nitrogens with zero attached hydrogens (tertiary/aromatic N) is 1. The number of ether oxygens (including phenoxy) is 2. The number of hydrogen-bond acceptors (Lipinski definition) is 5. The van der Waals surface area contributed by atoms with Gasteiger partial charge in [0.05, 0.1) is 24.3 Å². The molecule has 1 saturated heterocycles. The van der Waals surface area contributed by atoms with Crippen molar-refractivity contribution < 1.29 is 24.2 Å². The highest BCUT2D eigenvalue weighted by molar-refractivity contribution is 6.46. The number of carbonyl (C=O) groups is 2. The average Bonchev–Trinajstić information content (AvgIpc) is 3.01. The molecule has 2 aromatic rings. The number of aliphatic hydroxyl groups is 1. The number of aliphatic hydroxyl groups excluding tert-OH is 1. The predicted octanol–water partition coefficient (Wildman–Crippen LogP) is 5.15. The van der Waals surface area contributed by atoms with Crippen LogP contribution in [0.25, 0.3) is 5.76 Å². The maximum Gasteiger partial charge on any atom is 0.295 e. The third kappa shape index (κ3) is 5.02. The minimum Gasteiger partial charge on any atom is -0.507 e. The quantitative estimate of drug-likeness (QED) is 0.348. The van der Waals surface area contributed by atoms with Crippen LogP contribution in [0.5, 0.6) is 5.75 Å². The smallest absolute Gasteiger partial charge is 0.295 e. The molecule has 1 N–H and O–H groups in total. The summed E-state index contributed by atoms with van der Waals surface area (Å²) in [6.07, 6.45) is -0.104. The van der Waals surface area contributed by atoms with E-state index >= 15 is 0 Å². The summed E-state index contributed by atoms with van der Waals surface area (Å²) in [6, 6.07) is 12.4. The Bertz CT molecular complexity index is 1110. The van der Waals surface area contributed by atoms with Gasteiger partial charge in [0.2, 0.25) is 0 Å². The Morgan fingerprint density at radius 2 is 1.79 bits per heavy atom. The molecule has 0 spiro atoms. The number of Topliss-reactive ketones (excluding diaryl/α,β-unsaturated/α-hetero) is 1. The Labute approximate surface area is 202 Å². The van der Waals surface area contributed by atoms with E-state index in [9.17, 15) is 14.7 Å². The van der Waals surface area contributed by atoms with Crippen molar-refractivity contribution in [2.45, 2.75) is 59.1 Å². The molecule has 34 heavy (non-hydrogen) atoms. The van der Waals surface area contributed by atoms with Crippen LogP contribution in [-0.2, 0) is 19.7 Å². The van der Waals surface area contributed by atoms with E-state index in [1.165, 1.54) is 4.90 Å². The number of amides is 1. The van der Waals surface area contributed by atoms with Crippen LogP contribution in [0.3, 0.4) is 0 Å². The summed E-state index contributed by atoms with van der Waals surface area (Å²) in [5.74, 6) is -0.977. The summed E-state index contributed by atoms with van der Waals surface area (Å²) in [6.45, 7) is 12.4. The molecule has 0 aliphatic carbocycles. The third-order valence-electron chi connectivity index (χ3n) is 6.01. The number of methoxy groups -OCH3 is 1. The molecular weight excluding hydrogens is 430 g/mol. The van der Waals surface area contributed by atoms with Gasteiger partial charge in [-0.3, -0.25) is 9.59 Å². The van der Waals surface area contributed by atoms with Gasteiger partial charge < -0.3 is 19.5 Å². The van der Waals surface area contributed by atoms with E-state index in [4.69, 9.17) is 9.47 Å². The normalized spacial score (nSPS) is 18.1. The molecule has 1 heterocycles. The lowest BCUT2D eigenvalue weighted by molar-refractivity contribution is -0.140. The molecule has 0 aromatic heterocycles. The number of benzene rings is 2. The summed E-state index contributed by atoms with van der Waals surface area (Å²) in [5.41, 5.74) is 2.95. The van der Waals surface area contributed by atoms with Crippen molar-refractivity contribution in [3.63, 3.8) is 0 Å². The van der Waals surface area contributed by atoms with Gasteiger partial charge in [0.1, 0.15) is 11.5 Å². The van der Waals surface area contributed by atoms with Crippen LogP contribution in [0.1, 0.15) is 62.9 Å². The number of likely N-dealkylation sites (tertiary alicyclic amines) is 1. The second-order valence-electron chi connectivity index (χ2n) is 9.97. The fourth-order valence-corrected chi connectivity index (χ4v) is 4.18. The largest absolute Gasteiger partial charge is 0.507 e. The van der Waals surface area contributed by atoms with Gasteiger partial charge in [0.25, 0.3) is 11.7 Å². The number of hydrogen-bond donors (Lipinski definition) is 1. The maximum atomic E-state index is 13.3. The predicted molar refractivity (Wildman–Crippen MR) is 133 cm³/mol. The maximum absolute atomic E-state index is 13.3. The van der Waals surface area contributed by atoms with Gasteiger partial charge in [-0.15, -0.1) is 0 Å². The van der Waals surface area contributed by atoms with Gasteiger partial charge in [0, 0.05) is 24.8 Å². The lowest BCUT2D eigenvalue weighted by atomic mass is 9.84. The lowest BCUT2D eigenvalue weighted by Gasteiger charge is -2.27. The van der Waals surface area contributed by atoms with Crippen molar-refractivity contribution >= 4 is 17.4 Å². The van der Waals surface area contributed by atoms with Gasteiger partial charge in [-0.2, -0.15) is 0 Å². The highest BCUT2D eigenvalue weighted by Crippen LogP contribution is 2.43. The topological polar surface area (TPSA) is 76.1 Å². The standard InChI is InChI=1S/C28H35NO5/c1-17(2)34-22-11-9-8-10-20(22)24-23(26(31)27(32)29(24)14-15-33-7)25(30)21-16-19(28(4,5)6)13-12-18(21)3/h8-13,16-17,24,30H,14-15H2,1-7H3/b25-23+. The molecule has 0 bridgehead atoms. The van der Waals surface area contributed by atoms with Crippen molar-refractivity contribution in [3.8, 4) is 5.75 Å². The highest BCUT2D eigenvalue weighted by Gasteiger charge is 2.47. The minimum absolute atomic E-state index is 0.0649. The van der Waals surface area contributed by atoms with Crippen LogP contribution < -0.4 is 4.74 Å². The summed E-state index contributed by atoms with van der Waals surface area (Å²) < 4.78 is 11.2. The van der Waals surface area contributed by atoms with Crippen LogP contribution in [-0.4, -0.2) is 48.1 Å². The monoisotopic (exact) mass is 465 g/mol. The number of aryl methyl sites for hydroxylation is 1. The molecule has 6 nitrogen and oxygen atoms in total. The van der Waals surface area contributed by atoms with Crippen LogP contribution in [0.15, 0.2) is 48.0 Å². The van der Waals surface area contributed by atoms with Crippen LogP contribution in [0, 0.1) is 6.92 Å². The van der Waals surface area contributed by atoms with Crippen molar-refractivity contribution in [1.82, 2.24) is 4.90 Å². The number of para-hydroxylation sites is 1. The van der Waals surface area contributed by atoms with E-state index in [2.05, 4.69) is 20.8 Å². The van der Waals surface area contributed by atoms with Gasteiger partial charge >= 0.3 is 0 Å². The van der Waals surface area contributed by atoms with Gasteiger partial charge in [-0.1, -0.05) is 51.1 Å². The van der Waals surface area contributed by atoms with Gasteiger partial charge in [-0.25, -0.2) is 0 Å². The first kappa shape index (κ1) is 25.5. The van der Waals surface area contributed by atoms with E-state index in [1.807, 2.05) is 63.2 Å². The Kier molecular flexibility index (Phi) is 7.51. The van der Waals surface area contributed by atoms with Gasteiger partial charge in [0.15, 0.2) is 0 Å². The molecule has 1 atom stereocenters. The molecule has 0 radical (unpaired) electrons. The molecule has 1 aliphatic heterocycles. The molecule has 2 aromatic carbocycles. The van der Waals surface area contributed by atoms with E-state index in [0.717, 1.165) is 11.1 Å². The highest BCUT2D eigenvalue weighted by atomic mass is 16.5. The first-order valence-corrected chi connectivity index (χ1v) is 11.6. The van der Waals surface area contributed by atoms with Crippen molar-refractivity contribution in [3.05, 3.63) is 70.3 Å². The van der Waals surface area contributed by atoms with Gasteiger partial charge in [-0.05, 0) is 49.4 Å². The summed E-state index contributed by atoms with van der Waals surface area (Å²) >= 11 is 0. The molecular formula is C28H35NO5. The molecule has 182 valence electrons. The van der Waals surface area contributed by atoms with E-state index in [-0.39, 0.29) is 36.0 Å². The second kappa shape index (κ2) is 10.0. The average molecular weight is 466 g/mol. The zero-order chi connectivity index (χ0) is 25.2. The van der Waals surface area contributed by atoms with Crippen LogP contribution in [0.2, 0.25) is 0 Å². The summed E-state index contributed by atoms with van der Waals surface area (Å²) in [5, 5.41) is 11.5. The first-order valence-electron chi connectivity index (χ1n) is 11.6. The minimum atomic E-state index is -0.789. The molecule has 1 fully saturated rings. The number of rotatable bonds is 7. The second-order valence-corrected chi connectivity index (χ2v) is 9.97. The molecule has 3 rings (SSSR count). The Balaban J connectivity index is 2.27. The molecule has 0 saturated carbocycles. The SMILES string of the molecule is COCCN1C(=O)C(=O)/C(=C(/O)c2cc(C(C)(C)C)ccc2C)C1c1ccccc1OC(C)C. The van der Waals surface area contributed by atoms with Crippen LogP contribution in [0.4, 0.5) is 0 Å². The molecule has 1 amide bonds. The fraction of sp³-hybridized carbons (Fsp3) is 0.429. The van der Waals surface area contributed by atoms with E-state index in [1.54, 1.807) is 7.11 Å². The van der Waals surface area contributed by atoms with Crippen molar-refractivity contribution in [1.29, 1.82) is 0 Å². The number of ketones is 1. The molecule has 1 unspecified atom stereocenters. The van der Waals surface area contributed by atoms with E-state index in [0.29, 0.717) is 16.9 Å². The molecule has 1 aliphatic rings. The lowest BCUT2D eigenvalue weighted by Crippen LogP contribution is -2.33. The Hall–Kier alpha value is -3.12. The van der Waals surface area contributed by atoms with Crippen molar-refractivity contribution in [2.24, 2.45) is 0 Å². The third-order valence-corrected chi connectivity index (χ3v) is 6.01. The summed E-state index contributed by atoms with van der Waals surface area (Å²) in [7, 11) is 1.54. The van der Waals surface area contributed by atoms with Crippen LogP contribution >= 0.6 is 0 Å². The van der Waals surface area contributed by atoms with Crippen molar-refractivity contribution in [2.75, 3.05) is 20.3 Å². The zero-order valence-corrected chi connectivity index (χ0v) is 21.1. The summed E-state index contributed by atoms with van der Waals surface area (Å²) in [4.78, 5) is 27.9. The van der Waals surface area contributed by atoms with E-state index < -0.39 is 17.7 Å². The number of carbonyl (C=O) groups excluding carboxylic acids is 2.